The van der Waals surface area contributed by atoms with Gasteiger partial charge >= 0.3 is 0 Å². The van der Waals surface area contributed by atoms with Crippen LogP contribution in [0, 0.1) is 6.92 Å². The van der Waals surface area contributed by atoms with E-state index in [4.69, 9.17) is 0 Å². The van der Waals surface area contributed by atoms with E-state index in [0.29, 0.717) is 6.42 Å². The highest BCUT2D eigenvalue weighted by Gasteiger charge is 2.36. The van der Waals surface area contributed by atoms with Gasteiger partial charge in [-0.3, -0.25) is 24.1 Å². The van der Waals surface area contributed by atoms with Crippen molar-refractivity contribution in [3.05, 3.63) is 11.8 Å². The molecule has 3 rings (SSSR count). The first-order chi connectivity index (χ1) is 12.0. The van der Waals surface area contributed by atoms with Crippen molar-refractivity contribution in [2.45, 2.75) is 45.6 Å². The molecule has 0 aromatic carbocycles. The average molecular weight is 347 g/mol. The Morgan fingerprint density at radius 3 is 2.56 bits per heavy atom. The molecule has 0 aliphatic carbocycles. The molecular formula is C18H29N5O2. The Hall–Kier alpha value is -1.89. The number of nitrogens with zero attached hydrogens (tertiary/aromatic N) is 5. The second-order valence-electron chi connectivity index (χ2n) is 7.08. The second kappa shape index (κ2) is 7.56. The molecular weight excluding hydrogens is 318 g/mol. The third-order valence-electron chi connectivity index (χ3n) is 5.24. The van der Waals surface area contributed by atoms with Crippen LogP contribution in [0.3, 0.4) is 0 Å². The Labute approximate surface area is 149 Å². The van der Waals surface area contributed by atoms with Crippen molar-refractivity contribution in [2.75, 3.05) is 37.6 Å². The lowest BCUT2D eigenvalue weighted by Gasteiger charge is -2.42. The summed E-state index contributed by atoms with van der Waals surface area (Å²) in [5.41, 5.74) is 0.926. The number of carbonyl (C=O) groups excluding carboxylic acids is 2. The smallest absolute Gasteiger partial charge is 0.245 e. The van der Waals surface area contributed by atoms with Gasteiger partial charge in [-0.05, 0) is 26.2 Å². The summed E-state index contributed by atoms with van der Waals surface area (Å²) in [6.07, 6.45) is 3.40. The molecule has 0 unspecified atom stereocenters. The van der Waals surface area contributed by atoms with Crippen LogP contribution in [0.15, 0.2) is 6.07 Å². The molecule has 3 heterocycles. The molecule has 2 aliphatic heterocycles. The van der Waals surface area contributed by atoms with Crippen molar-refractivity contribution >= 4 is 17.6 Å². The predicted molar refractivity (Wildman–Crippen MR) is 96.4 cm³/mol. The number of piperazine rings is 1. The molecule has 25 heavy (non-hydrogen) atoms. The van der Waals surface area contributed by atoms with Gasteiger partial charge in [0.05, 0.1) is 11.7 Å². The predicted octanol–water partition coefficient (Wildman–Crippen LogP) is 1.17. The molecule has 2 amide bonds. The number of carbonyl (C=O) groups is 2. The van der Waals surface area contributed by atoms with Crippen LogP contribution in [-0.4, -0.2) is 70.2 Å². The Balaban J connectivity index is 1.64. The molecule has 0 saturated carbocycles. The third-order valence-corrected chi connectivity index (χ3v) is 5.24. The molecule has 0 N–H and O–H groups in total. The summed E-state index contributed by atoms with van der Waals surface area (Å²) in [6, 6.07) is 1.90. The van der Waals surface area contributed by atoms with Crippen LogP contribution in [0.4, 0.5) is 5.82 Å². The zero-order valence-corrected chi connectivity index (χ0v) is 15.6. The summed E-state index contributed by atoms with van der Waals surface area (Å²) in [7, 11) is 1.89. The van der Waals surface area contributed by atoms with Gasteiger partial charge in [-0.15, -0.1) is 0 Å². The summed E-state index contributed by atoms with van der Waals surface area (Å²) >= 11 is 0. The topological polar surface area (TPSA) is 61.7 Å². The minimum atomic E-state index is -0.0765. The van der Waals surface area contributed by atoms with Gasteiger partial charge < -0.3 is 4.90 Å². The monoisotopic (exact) mass is 347 g/mol. The molecule has 0 spiro atoms. The van der Waals surface area contributed by atoms with Crippen LogP contribution in [0.25, 0.3) is 0 Å². The molecule has 138 valence electrons. The van der Waals surface area contributed by atoms with Gasteiger partial charge in [0.25, 0.3) is 0 Å². The maximum Gasteiger partial charge on any atom is 0.245 e. The fraction of sp³-hybridized carbons (Fsp3) is 0.722. The van der Waals surface area contributed by atoms with E-state index in [9.17, 15) is 9.59 Å². The van der Waals surface area contributed by atoms with Crippen molar-refractivity contribution in [1.29, 1.82) is 0 Å². The van der Waals surface area contributed by atoms with E-state index in [0.717, 1.165) is 63.5 Å². The Morgan fingerprint density at radius 2 is 1.96 bits per heavy atom. The lowest BCUT2D eigenvalue weighted by molar-refractivity contribution is -0.134. The lowest BCUT2D eigenvalue weighted by atomic mass is 10.0. The second-order valence-corrected chi connectivity index (χ2v) is 7.08. The first kappa shape index (κ1) is 17.9. The van der Waals surface area contributed by atoms with Gasteiger partial charge in [0.2, 0.25) is 11.8 Å². The standard InChI is InChI=1S/C18H29N5O2/c1-4-6-17(24)22-11-9-21(10-12-22)15-7-5-8-23(18(15)25)16-13-14(2)19-20(16)3/h13,15H,4-12H2,1-3H3/t15-/m1/s1. The van der Waals surface area contributed by atoms with E-state index in [1.165, 1.54) is 0 Å². The minimum Gasteiger partial charge on any atom is -0.340 e. The first-order valence-corrected chi connectivity index (χ1v) is 9.35. The Bertz CT molecular complexity index is 633. The van der Waals surface area contributed by atoms with Crippen molar-refractivity contribution in [3.8, 4) is 0 Å². The van der Waals surface area contributed by atoms with E-state index in [2.05, 4.69) is 10.00 Å². The summed E-state index contributed by atoms with van der Waals surface area (Å²) in [4.78, 5) is 31.2. The van der Waals surface area contributed by atoms with Crippen molar-refractivity contribution in [2.24, 2.45) is 7.05 Å². The summed E-state index contributed by atoms with van der Waals surface area (Å²) < 4.78 is 1.79. The summed E-state index contributed by atoms with van der Waals surface area (Å²) in [5.74, 6) is 1.29. The molecule has 2 fully saturated rings. The highest BCUT2D eigenvalue weighted by molar-refractivity contribution is 5.97. The SMILES string of the molecule is CCCC(=O)N1CCN([C@@H]2CCCN(c3cc(C)nn3C)C2=O)CC1. The molecule has 1 aromatic heterocycles. The fourth-order valence-corrected chi connectivity index (χ4v) is 3.93. The molecule has 2 saturated heterocycles. The number of aryl methyl sites for hydroxylation is 2. The summed E-state index contributed by atoms with van der Waals surface area (Å²) in [5, 5.41) is 4.37. The van der Waals surface area contributed by atoms with E-state index in [-0.39, 0.29) is 17.9 Å². The number of amides is 2. The maximum absolute atomic E-state index is 13.1. The van der Waals surface area contributed by atoms with E-state index in [1.807, 2.05) is 36.8 Å². The van der Waals surface area contributed by atoms with Crippen LogP contribution in [-0.2, 0) is 16.6 Å². The van der Waals surface area contributed by atoms with Crippen molar-refractivity contribution in [1.82, 2.24) is 19.6 Å². The average Bonchev–Trinajstić information content (AvgIpc) is 2.94. The van der Waals surface area contributed by atoms with Crippen LogP contribution in [0.1, 0.15) is 38.3 Å². The quantitative estimate of drug-likeness (QED) is 0.820. The molecule has 1 aromatic rings. The first-order valence-electron chi connectivity index (χ1n) is 9.35. The van der Waals surface area contributed by atoms with E-state index < -0.39 is 0 Å². The molecule has 0 radical (unpaired) electrons. The Morgan fingerprint density at radius 1 is 1.24 bits per heavy atom. The number of rotatable bonds is 4. The third kappa shape index (κ3) is 3.71. The number of hydrogen-bond acceptors (Lipinski definition) is 4. The van der Waals surface area contributed by atoms with Gasteiger partial charge in [-0.25, -0.2) is 0 Å². The number of anilines is 1. The van der Waals surface area contributed by atoms with E-state index >= 15 is 0 Å². The van der Waals surface area contributed by atoms with Gasteiger partial charge in [-0.1, -0.05) is 6.92 Å². The fourth-order valence-electron chi connectivity index (χ4n) is 3.93. The lowest BCUT2D eigenvalue weighted by Crippen LogP contribution is -2.58. The van der Waals surface area contributed by atoms with E-state index in [1.54, 1.807) is 4.68 Å². The molecule has 2 aliphatic rings. The van der Waals surface area contributed by atoms with Crippen LogP contribution in [0.5, 0.6) is 0 Å². The summed E-state index contributed by atoms with van der Waals surface area (Å²) in [6.45, 7) is 7.75. The van der Waals surface area contributed by atoms with Gasteiger partial charge in [0.15, 0.2) is 0 Å². The Kier molecular flexibility index (Phi) is 5.42. The van der Waals surface area contributed by atoms with Crippen molar-refractivity contribution in [3.63, 3.8) is 0 Å². The molecule has 7 heteroatoms. The van der Waals surface area contributed by atoms with Crippen molar-refractivity contribution < 1.29 is 9.59 Å². The highest BCUT2D eigenvalue weighted by atomic mass is 16.2. The van der Waals surface area contributed by atoms with Crippen LogP contribution in [0.2, 0.25) is 0 Å². The van der Waals surface area contributed by atoms with Gasteiger partial charge in [0.1, 0.15) is 5.82 Å². The zero-order valence-electron chi connectivity index (χ0n) is 15.6. The highest BCUT2D eigenvalue weighted by Crippen LogP contribution is 2.25. The van der Waals surface area contributed by atoms with Gasteiger partial charge in [-0.2, -0.15) is 5.10 Å². The van der Waals surface area contributed by atoms with Gasteiger partial charge in [0, 0.05) is 52.3 Å². The normalized spacial score (nSPS) is 22.5. The minimum absolute atomic E-state index is 0.0765. The number of piperidine rings is 1. The molecule has 0 bridgehead atoms. The van der Waals surface area contributed by atoms with Crippen LogP contribution >= 0.6 is 0 Å². The number of hydrogen-bond donors (Lipinski definition) is 0. The molecule has 1 atom stereocenters. The maximum atomic E-state index is 13.1. The van der Waals surface area contributed by atoms with Crippen LogP contribution < -0.4 is 4.90 Å². The zero-order chi connectivity index (χ0) is 18.0. The largest absolute Gasteiger partial charge is 0.340 e. The number of aromatic nitrogens is 2. The molecule has 7 nitrogen and oxygen atoms in total.